The van der Waals surface area contributed by atoms with Crippen molar-refractivity contribution in [1.29, 1.82) is 5.26 Å². The summed E-state index contributed by atoms with van der Waals surface area (Å²) in [6.07, 6.45) is 0. The summed E-state index contributed by atoms with van der Waals surface area (Å²) in [5, 5.41) is 23.9. The average Bonchev–Trinajstić information content (AvgIpc) is 1.91. The number of halogens is 2. The number of methoxy groups -OCH3 is 2. The predicted octanol–water partition coefficient (Wildman–Crippen LogP) is 1.05. The zero-order valence-corrected chi connectivity index (χ0v) is 59.3. The van der Waals surface area contributed by atoms with Crippen LogP contribution in [0.5, 0.6) is 0 Å². The smallest absolute Gasteiger partial charge is 1.00 e. The fourth-order valence-corrected chi connectivity index (χ4v) is 10.7. The van der Waals surface area contributed by atoms with Crippen LogP contribution in [0.1, 0.15) is 97.4 Å². The van der Waals surface area contributed by atoms with Crippen molar-refractivity contribution in [1.82, 2.24) is 70.3 Å². The molecule has 27 heteroatoms. The Bertz CT molecular complexity index is 3850. The summed E-state index contributed by atoms with van der Waals surface area (Å²) in [6, 6.07) is 57.3. The molecule has 13 rings (SSSR count). The van der Waals surface area contributed by atoms with Crippen molar-refractivity contribution in [3.63, 3.8) is 0 Å². The normalized spacial score (nSPS) is 13.8. The van der Waals surface area contributed by atoms with E-state index in [1.165, 1.54) is 21.1 Å². The summed E-state index contributed by atoms with van der Waals surface area (Å²) >= 11 is 6.59. The molecule has 2 N–H and O–H groups in total. The van der Waals surface area contributed by atoms with Crippen molar-refractivity contribution < 1.29 is 103 Å². The third-order valence-electron chi connectivity index (χ3n) is 14.1. The number of rotatable bonds is 5. The van der Waals surface area contributed by atoms with Gasteiger partial charge in [-0.2, -0.15) is 5.26 Å². The maximum atomic E-state index is 12.7. The molecule has 0 saturated carbocycles. The second-order valence-electron chi connectivity index (χ2n) is 21.0. The third kappa shape index (κ3) is 23.0. The van der Waals surface area contributed by atoms with E-state index in [2.05, 4.69) is 66.9 Å². The van der Waals surface area contributed by atoms with E-state index in [1.807, 2.05) is 158 Å². The van der Waals surface area contributed by atoms with Gasteiger partial charge in [-0.1, -0.05) is 80.4 Å². The standard InChI is InChI=1S/C33H29N7O2.C24H22N6.C9H9Br2NO2.C2H3N.CH2O3.2Li.Na.H/c1-42-33(41)22-14-27-20-39-16-23-6-2-10-29(35-23)30-11-3-7-24(36-30)18-40(21-28(15-22)34-27)19-26-9-5-13-32(38-26)31-12-4-8-25(17-39)37-31;1-5-17-13-25-14-19-7-3-11-23(29-19)24-12-4-8-20(30-24)16-26-15-18-6-2-10-22(28-18)21(9-1)27-17;1-14-9(13)6-2-7(4-10)12-8(3-6)5-11;1-2-3;2-1-4-3;;;;/h2-15H,16-21H2,1H3;1-12,25-26H,13-16H2;2-3H,4-5H2,1H3;1H3;1,3H;;;;/q;;;;;3*+1;-1/p-1. The first-order valence-corrected chi connectivity index (χ1v) is 31.6. The maximum absolute atomic E-state index is 12.7. The molecule has 3 aliphatic heterocycles. The molecule has 474 valence electrons. The van der Waals surface area contributed by atoms with Gasteiger partial charge in [-0.25, -0.2) is 49.5 Å². The topological polar surface area (TPSA) is 285 Å². The molecular weight excluding hydrogens is 1350 g/mol. The van der Waals surface area contributed by atoms with Gasteiger partial charge in [0.1, 0.15) is 0 Å². The Morgan fingerprint density at radius 3 is 0.927 bits per heavy atom. The number of nitrogens with zero attached hydrogens (tertiary/aromatic N) is 13. The summed E-state index contributed by atoms with van der Waals surface area (Å²) < 4.78 is 9.75. The van der Waals surface area contributed by atoms with Gasteiger partial charge in [0.25, 0.3) is 6.47 Å². The van der Waals surface area contributed by atoms with E-state index in [0.717, 1.165) is 114 Å². The summed E-state index contributed by atoms with van der Waals surface area (Å²) in [7, 11) is 2.77. The van der Waals surface area contributed by atoms with E-state index < -0.39 is 0 Å². The largest absolute Gasteiger partial charge is 1.00 e. The molecule has 0 aromatic carbocycles. The summed E-state index contributed by atoms with van der Waals surface area (Å²) in [5.74, 6) is -0.724. The monoisotopic (exact) mass is 1410 g/mol. The van der Waals surface area contributed by atoms with Gasteiger partial charge in [0, 0.05) is 83.0 Å². The van der Waals surface area contributed by atoms with Crippen molar-refractivity contribution in [2.75, 3.05) is 14.2 Å². The number of nitriles is 1. The maximum Gasteiger partial charge on any atom is 1.00 e. The molecular formula is C69H65Br2Li2N15NaO7+. The molecule has 20 bridgehead atoms. The zero-order valence-electron chi connectivity index (χ0n) is 55.2. The molecule has 22 nitrogen and oxygen atoms in total. The van der Waals surface area contributed by atoms with Gasteiger partial charge in [0.05, 0.1) is 145 Å². The van der Waals surface area contributed by atoms with E-state index in [-0.39, 0.29) is 87.1 Å². The van der Waals surface area contributed by atoms with E-state index >= 15 is 0 Å². The molecule has 3 aliphatic rings. The molecule has 13 heterocycles. The minimum Gasteiger partial charge on any atom is -1.00 e. The third-order valence-corrected chi connectivity index (χ3v) is 15.2. The Labute approximate surface area is 621 Å². The molecule has 0 fully saturated rings. The van der Waals surface area contributed by atoms with Crippen LogP contribution in [0, 0.1) is 11.3 Å². The van der Waals surface area contributed by atoms with Crippen LogP contribution in [0.25, 0.3) is 45.6 Å². The zero-order chi connectivity index (χ0) is 65.3. The van der Waals surface area contributed by atoms with E-state index in [4.69, 9.17) is 64.9 Å². The van der Waals surface area contributed by atoms with Gasteiger partial charge >= 0.3 is 79.2 Å². The Balaban J connectivity index is 0.000000270. The number of carbonyl (C=O) groups is 3. The second-order valence-corrected chi connectivity index (χ2v) is 22.1. The van der Waals surface area contributed by atoms with Crippen LogP contribution in [0.3, 0.4) is 0 Å². The van der Waals surface area contributed by atoms with Gasteiger partial charge in [0.2, 0.25) is 0 Å². The Hall–Kier alpha value is -7.65. The number of ether oxygens (including phenoxy) is 2. The second kappa shape index (κ2) is 40.2. The molecule has 0 aliphatic carbocycles. The van der Waals surface area contributed by atoms with E-state index in [0.29, 0.717) is 87.2 Å². The Kier molecular flexibility index (Phi) is 32.4. The minimum atomic E-state index is -0.388. The predicted molar refractivity (Wildman–Crippen MR) is 353 cm³/mol. The SMILES string of the molecule is CC#N.COC(=O)c1cc(CBr)nc(CBr)c1.COC(=O)c1cc2nc(c1)CN1Cc3cccc(n3)-c3cccc(n3)CN(C2)Cc2cccc(n2)-c2cccc(n2)C1.O=CO[O-].[H-].[Li+].[Li+].[Na+].c1cc2nc(c1)-c1cccc(n1)CNCc1cccc(n1)-c1cccc(n1)CNC2. The molecule has 96 heavy (non-hydrogen) atoms. The van der Waals surface area contributed by atoms with Crippen LogP contribution >= 0.6 is 31.9 Å². The van der Waals surface area contributed by atoms with Crippen molar-refractivity contribution in [3.8, 4) is 51.6 Å². The quantitative estimate of drug-likeness (QED) is 0.0608. The summed E-state index contributed by atoms with van der Waals surface area (Å²) in [6.45, 7) is 7.10. The Morgan fingerprint density at radius 1 is 0.458 bits per heavy atom. The van der Waals surface area contributed by atoms with Crippen molar-refractivity contribution in [3.05, 3.63) is 249 Å². The molecule has 0 saturated heterocycles. The minimum absolute atomic E-state index is 0. The molecule has 0 spiro atoms. The molecule has 10 aromatic rings. The number of hydrogen-bond donors (Lipinski definition) is 2. The first-order chi connectivity index (χ1) is 45.4. The van der Waals surface area contributed by atoms with Crippen molar-refractivity contribution >= 4 is 50.3 Å². The summed E-state index contributed by atoms with van der Waals surface area (Å²) in [5.41, 5.74) is 18.6. The first kappa shape index (κ1) is 77.4. The van der Waals surface area contributed by atoms with Gasteiger partial charge < -0.3 is 31.7 Å². The van der Waals surface area contributed by atoms with Crippen LogP contribution in [0.4, 0.5) is 0 Å². The Morgan fingerprint density at radius 2 is 0.688 bits per heavy atom. The van der Waals surface area contributed by atoms with Crippen LogP contribution < -0.4 is 83.2 Å². The van der Waals surface area contributed by atoms with Crippen LogP contribution in [-0.4, -0.2) is 92.3 Å². The van der Waals surface area contributed by atoms with E-state index in [9.17, 15) is 9.59 Å². The molecule has 0 amide bonds. The fourth-order valence-electron chi connectivity index (χ4n) is 10.1. The fraction of sp³-hybridized carbons (Fsp3) is 0.217. The van der Waals surface area contributed by atoms with Gasteiger partial charge in [-0.15, -0.1) is 0 Å². The van der Waals surface area contributed by atoms with Crippen LogP contribution in [-0.2, 0) is 95.3 Å². The van der Waals surface area contributed by atoms with Gasteiger partial charge in [0.15, 0.2) is 0 Å². The molecule has 0 radical (unpaired) electrons. The summed E-state index contributed by atoms with van der Waals surface area (Å²) in [4.78, 5) is 88.2. The number of hydrogen-bond acceptors (Lipinski definition) is 22. The number of nitrogens with one attached hydrogen (secondary N) is 2. The molecule has 0 unspecified atom stereocenters. The number of carbonyl (C=O) groups excluding carboxylic acids is 3. The van der Waals surface area contributed by atoms with Crippen LogP contribution in [0.15, 0.2) is 170 Å². The molecule has 10 aromatic heterocycles. The first-order valence-electron chi connectivity index (χ1n) is 29.3. The number of pyridine rings is 10. The number of esters is 2. The number of alkyl halides is 2. The van der Waals surface area contributed by atoms with Crippen LogP contribution in [0.2, 0.25) is 0 Å². The molecule has 0 atom stereocenters. The van der Waals surface area contributed by atoms with Crippen molar-refractivity contribution in [2.45, 2.75) is 83.0 Å². The van der Waals surface area contributed by atoms with Gasteiger partial charge in [-0.05, 0) is 121 Å². The number of fused-ring (bicyclic) bond motifs is 22. The van der Waals surface area contributed by atoms with Crippen molar-refractivity contribution in [2.24, 2.45) is 0 Å². The number of aromatic nitrogens is 10. The van der Waals surface area contributed by atoms with E-state index in [1.54, 1.807) is 18.2 Å². The average molecular weight is 1410 g/mol. The van der Waals surface area contributed by atoms with Gasteiger partial charge in [-0.3, -0.25) is 24.6 Å².